The van der Waals surface area contributed by atoms with Crippen LogP contribution < -0.4 is 5.32 Å². The number of aryl methyl sites for hydroxylation is 1. The molecule has 1 aromatic heterocycles. The Balaban J connectivity index is 1.88. The summed E-state index contributed by atoms with van der Waals surface area (Å²) in [4.78, 5) is 25.7. The van der Waals surface area contributed by atoms with Crippen LogP contribution in [-0.2, 0) is 11.3 Å². The van der Waals surface area contributed by atoms with Gasteiger partial charge in [-0.05, 0) is 29.9 Å². The molecule has 2 rings (SSSR count). The fraction of sp³-hybridized carbons (Fsp3) is 0.538. The Labute approximate surface area is 116 Å². The zero-order chi connectivity index (χ0) is 14.0. The number of rotatable bonds is 3. The van der Waals surface area contributed by atoms with Crippen molar-refractivity contribution >= 4 is 23.3 Å². The van der Waals surface area contributed by atoms with E-state index in [1.54, 1.807) is 16.2 Å². The number of amides is 2. The summed E-state index contributed by atoms with van der Waals surface area (Å²) in [5.74, 6) is -1.27. The molecule has 2 heterocycles. The first-order valence-electron chi connectivity index (χ1n) is 6.27. The molecule has 2 N–H and O–H groups in total. The number of urea groups is 1. The van der Waals surface area contributed by atoms with Crippen molar-refractivity contribution < 1.29 is 14.7 Å². The molecule has 1 saturated heterocycles. The maximum absolute atomic E-state index is 12.0. The van der Waals surface area contributed by atoms with E-state index in [9.17, 15) is 9.59 Å². The van der Waals surface area contributed by atoms with Gasteiger partial charge in [-0.2, -0.15) is 0 Å². The Bertz CT molecular complexity index is 486. The van der Waals surface area contributed by atoms with Gasteiger partial charge in [0, 0.05) is 18.0 Å². The zero-order valence-corrected chi connectivity index (χ0v) is 11.9. The highest BCUT2D eigenvalue weighted by atomic mass is 32.1. The largest absolute Gasteiger partial charge is 0.481 e. The van der Waals surface area contributed by atoms with Crippen LogP contribution in [0.2, 0.25) is 0 Å². The smallest absolute Gasteiger partial charge is 0.317 e. The molecule has 2 atom stereocenters. The predicted molar refractivity (Wildman–Crippen MR) is 73.2 cm³/mol. The molecule has 1 fully saturated rings. The van der Waals surface area contributed by atoms with E-state index in [4.69, 9.17) is 5.11 Å². The van der Waals surface area contributed by atoms with Crippen molar-refractivity contribution in [3.63, 3.8) is 0 Å². The summed E-state index contributed by atoms with van der Waals surface area (Å²) in [5.41, 5.74) is 1.17. The highest BCUT2D eigenvalue weighted by Gasteiger charge is 2.36. The van der Waals surface area contributed by atoms with E-state index >= 15 is 0 Å². The van der Waals surface area contributed by atoms with Crippen molar-refractivity contribution in [2.45, 2.75) is 20.4 Å². The molecular formula is C13H18N2O3S. The maximum atomic E-state index is 12.0. The van der Waals surface area contributed by atoms with Crippen molar-refractivity contribution in [1.29, 1.82) is 0 Å². The van der Waals surface area contributed by atoms with Crippen LogP contribution in [0, 0.1) is 18.8 Å². The van der Waals surface area contributed by atoms with Crippen LogP contribution in [0.3, 0.4) is 0 Å². The highest BCUT2D eigenvalue weighted by molar-refractivity contribution is 7.10. The minimum absolute atomic E-state index is 0.00623. The number of likely N-dealkylation sites (tertiary alicyclic amines) is 1. The lowest BCUT2D eigenvalue weighted by Gasteiger charge is -2.16. The highest BCUT2D eigenvalue weighted by Crippen LogP contribution is 2.23. The molecular weight excluding hydrogens is 264 g/mol. The average molecular weight is 282 g/mol. The number of carboxylic acids is 1. The molecule has 0 aromatic carbocycles. The quantitative estimate of drug-likeness (QED) is 0.890. The van der Waals surface area contributed by atoms with Gasteiger partial charge in [-0.1, -0.05) is 6.92 Å². The Kier molecular flexibility index (Phi) is 4.09. The van der Waals surface area contributed by atoms with Gasteiger partial charge in [0.05, 0.1) is 12.5 Å². The van der Waals surface area contributed by atoms with Crippen molar-refractivity contribution in [2.24, 2.45) is 11.8 Å². The Morgan fingerprint density at radius 2 is 2.26 bits per heavy atom. The summed E-state index contributed by atoms with van der Waals surface area (Å²) < 4.78 is 0. The summed E-state index contributed by atoms with van der Waals surface area (Å²) in [6, 6.07) is 1.84. The van der Waals surface area contributed by atoms with Gasteiger partial charge < -0.3 is 15.3 Å². The molecule has 0 bridgehead atoms. The van der Waals surface area contributed by atoms with E-state index in [-0.39, 0.29) is 11.9 Å². The SMILES string of the molecule is Cc1ccsc1CNC(=O)N1CC(C)C(C(=O)O)C1. The number of carboxylic acid groups (broad SMARTS) is 1. The van der Waals surface area contributed by atoms with Crippen LogP contribution in [0.1, 0.15) is 17.4 Å². The number of hydrogen-bond donors (Lipinski definition) is 2. The second-order valence-corrected chi connectivity index (χ2v) is 6.01. The summed E-state index contributed by atoms with van der Waals surface area (Å²) in [6.07, 6.45) is 0. The topological polar surface area (TPSA) is 69.6 Å². The van der Waals surface area contributed by atoms with Crippen molar-refractivity contribution in [3.8, 4) is 0 Å². The third-order valence-corrected chi connectivity index (χ3v) is 4.61. The molecule has 0 saturated carbocycles. The number of aliphatic carboxylic acids is 1. The van der Waals surface area contributed by atoms with Crippen LogP contribution in [0.25, 0.3) is 0 Å². The minimum atomic E-state index is -0.822. The van der Waals surface area contributed by atoms with Gasteiger partial charge in [0.1, 0.15) is 0 Å². The molecule has 1 aliphatic rings. The molecule has 0 spiro atoms. The van der Waals surface area contributed by atoms with Gasteiger partial charge in [-0.25, -0.2) is 4.79 Å². The summed E-state index contributed by atoms with van der Waals surface area (Å²) in [6.45, 7) is 5.19. The van der Waals surface area contributed by atoms with Gasteiger partial charge in [0.25, 0.3) is 0 Å². The molecule has 0 radical (unpaired) electrons. The van der Waals surface area contributed by atoms with Crippen molar-refractivity contribution in [3.05, 3.63) is 21.9 Å². The normalized spacial score (nSPS) is 22.5. The molecule has 6 heteroatoms. The third kappa shape index (κ3) is 3.07. The number of thiophene rings is 1. The lowest BCUT2D eigenvalue weighted by atomic mass is 9.99. The van der Waals surface area contributed by atoms with Crippen LogP contribution >= 0.6 is 11.3 Å². The van der Waals surface area contributed by atoms with Gasteiger partial charge in [0.2, 0.25) is 0 Å². The number of carbonyl (C=O) groups excluding carboxylic acids is 1. The molecule has 5 nitrogen and oxygen atoms in total. The van der Waals surface area contributed by atoms with Gasteiger partial charge in [-0.15, -0.1) is 11.3 Å². The van der Waals surface area contributed by atoms with Gasteiger partial charge in [0.15, 0.2) is 0 Å². The van der Waals surface area contributed by atoms with Gasteiger partial charge in [-0.3, -0.25) is 4.79 Å². The second-order valence-electron chi connectivity index (χ2n) is 5.01. The summed E-state index contributed by atoms with van der Waals surface area (Å²) in [5, 5.41) is 13.9. The fourth-order valence-corrected chi connectivity index (χ4v) is 3.15. The molecule has 2 amide bonds. The van der Waals surface area contributed by atoms with E-state index in [0.29, 0.717) is 19.6 Å². The van der Waals surface area contributed by atoms with E-state index < -0.39 is 11.9 Å². The van der Waals surface area contributed by atoms with Crippen molar-refractivity contribution in [1.82, 2.24) is 10.2 Å². The molecule has 1 aromatic rings. The molecule has 1 aliphatic heterocycles. The number of nitrogens with zero attached hydrogens (tertiary/aromatic N) is 1. The van der Waals surface area contributed by atoms with E-state index in [1.807, 2.05) is 25.3 Å². The Hall–Kier alpha value is -1.56. The first kappa shape index (κ1) is 13.9. The molecule has 104 valence electrons. The summed E-state index contributed by atoms with van der Waals surface area (Å²) >= 11 is 1.61. The molecule has 2 unspecified atom stereocenters. The molecule has 0 aliphatic carbocycles. The average Bonchev–Trinajstić information content (AvgIpc) is 2.92. The summed E-state index contributed by atoms with van der Waals surface area (Å²) in [7, 11) is 0. The number of hydrogen-bond acceptors (Lipinski definition) is 3. The van der Waals surface area contributed by atoms with Gasteiger partial charge >= 0.3 is 12.0 Å². The standard InChI is InChI=1S/C13H18N2O3S/c1-8-3-4-19-11(8)5-14-13(18)15-6-9(2)10(7-15)12(16)17/h3-4,9-10H,5-7H2,1-2H3,(H,14,18)(H,16,17). The fourth-order valence-electron chi connectivity index (χ4n) is 2.31. The van der Waals surface area contributed by atoms with Crippen molar-refractivity contribution in [2.75, 3.05) is 13.1 Å². The Morgan fingerprint density at radius 1 is 1.53 bits per heavy atom. The monoisotopic (exact) mass is 282 g/mol. The first-order chi connectivity index (χ1) is 8.99. The maximum Gasteiger partial charge on any atom is 0.317 e. The predicted octanol–water partition coefficient (Wildman–Crippen LogP) is 1.92. The molecule has 19 heavy (non-hydrogen) atoms. The van der Waals surface area contributed by atoms with Crippen LogP contribution in [0.4, 0.5) is 4.79 Å². The second kappa shape index (κ2) is 5.61. The van der Waals surface area contributed by atoms with E-state index in [2.05, 4.69) is 5.32 Å². The number of carbonyl (C=O) groups is 2. The van der Waals surface area contributed by atoms with Crippen LogP contribution in [0.15, 0.2) is 11.4 Å². The van der Waals surface area contributed by atoms with Crippen LogP contribution in [0.5, 0.6) is 0 Å². The minimum Gasteiger partial charge on any atom is -0.481 e. The first-order valence-corrected chi connectivity index (χ1v) is 7.15. The lowest BCUT2D eigenvalue weighted by molar-refractivity contribution is -0.142. The Morgan fingerprint density at radius 3 is 2.79 bits per heavy atom. The van der Waals surface area contributed by atoms with E-state index in [1.165, 1.54) is 5.56 Å². The lowest BCUT2D eigenvalue weighted by Crippen LogP contribution is -2.38. The third-order valence-electron chi connectivity index (χ3n) is 3.59. The zero-order valence-electron chi connectivity index (χ0n) is 11.0. The van der Waals surface area contributed by atoms with Crippen LogP contribution in [-0.4, -0.2) is 35.1 Å². The van der Waals surface area contributed by atoms with E-state index in [0.717, 1.165) is 4.88 Å². The number of nitrogens with one attached hydrogen (secondary N) is 1.